The van der Waals surface area contributed by atoms with Gasteiger partial charge in [-0.25, -0.2) is 0 Å². The molecule has 0 atom stereocenters. The first-order chi connectivity index (χ1) is 13.6. The van der Waals surface area contributed by atoms with Gasteiger partial charge in [0, 0.05) is 0 Å². The first-order valence-corrected chi connectivity index (χ1v) is 14.6. The van der Waals surface area contributed by atoms with Gasteiger partial charge in [0.05, 0.1) is 0 Å². The predicted octanol–water partition coefficient (Wildman–Crippen LogP) is 5.81. The van der Waals surface area contributed by atoms with Crippen LogP contribution in [0.4, 0.5) is 0 Å². The van der Waals surface area contributed by atoms with E-state index in [9.17, 15) is 0 Å². The van der Waals surface area contributed by atoms with Gasteiger partial charge in [-0.05, 0) is 0 Å². The van der Waals surface area contributed by atoms with Gasteiger partial charge in [0.2, 0.25) is 0 Å². The van der Waals surface area contributed by atoms with Gasteiger partial charge in [-0.2, -0.15) is 0 Å². The van der Waals surface area contributed by atoms with Crippen molar-refractivity contribution in [3.05, 3.63) is 120 Å². The first kappa shape index (κ1) is 19.4. The number of halogens is 1. The molecule has 0 aliphatic carbocycles. The average Bonchev–Trinajstić information content (AvgIpc) is 2.75. The summed E-state index contributed by atoms with van der Waals surface area (Å²) in [5, 5.41) is 5.65. The summed E-state index contributed by atoms with van der Waals surface area (Å²) in [6.45, 7) is 4.50. The second-order valence-corrected chi connectivity index (χ2v) is 17.1. The van der Waals surface area contributed by atoms with Crippen molar-refractivity contribution in [2.45, 2.75) is 13.8 Å². The van der Waals surface area contributed by atoms with Crippen LogP contribution in [0.5, 0.6) is 0 Å². The molecule has 0 saturated carbocycles. The third kappa shape index (κ3) is 2.76. The zero-order valence-corrected chi connectivity index (χ0v) is 19.3. The van der Waals surface area contributed by atoms with Crippen molar-refractivity contribution in [2.75, 3.05) is 0 Å². The van der Waals surface area contributed by atoms with E-state index < -0.39 is 4.25 Å². The van der Waals surface area contributed by atoms with Crippen LogP contribution in [0.15, 0.2) is 109 Å². The molecule has 0 aliphatic heterocycles. The summed E-state index contributed by atoms with van der Waals surface area (Å²) in [6, 6.07) is 40.0. The normalized spacial score (nSPS) is 12.9. The molecule has 0 saturated heterocycles. The predicted molar refractivity (Wildman–Crippen MR) is 135 cm³/mol. The number of benzene rings is 4. The molecule has 0 aliphatic rings. The SMILES string of the molecule is Cc1ccccc1P(I)(c1ccccc1)(c1ccccc1)c1ccccc1C. The summed E-state index contributed by atoms with van der Waals surface area (Å²) in [5.41, 5.74) is 2.68. The summed E-state index contributed by atoms with van der Waals surface area (Å²) in [6.07, 6.45) is 0. The molecule has 140 valence electrons. The van der Waals surface area contributed by atoms with Crippen molar-refractivity contribution in [1.29, 1.82) is 0 Å². The minimum atomic E-state index is -2.94. The summed E-state index contributed by atoms with van der Waals surface area (Å²) >= 11 is 2.85. The molecule has 2 heteroatoms. The topological polar surface area (TPSA) is 0 Å². The van der Waals surface area contributed by atoms with Crippen LogP contribution in [0.2, 0.25) is 0 Å². The van der Waals surface area contributed by atoms with Gasteiger partial charge in [0.1, 0.15) is 0 Å². The molecule has 0 spiro atoms. The quantitative estimate of drug-likeness (QED) is 0.248. The van der Waals surface area contributed by atoms with Gasteiger partial charge in [0.15, 0.2) is 0 Å². The van der Waals surface area contributed by atoms with Crippen LogP contribution in [0.25, 0.3) is 0 Å². The van der Waals surface area contributed by atoms with E-state index in [2.05, 4.69) is 145 Å². The van der Waals surface area contributed by atoms with Crippen molar-refractivity contribution in [1.82, 2.24) is 0 Å². The molecule has 4 rings (SSSR count). The summed E-state index contributed by atoms with van der Waals surface area (Å²) in [4.78, 5) is 0. The molecule has 0 unspecified atom stereocenters. The van der Waals surface area contributed by atoms with Crippen molar-refractivity contribution < 1.29 is 0 Å². The van der Waals surface area contributed by atoms with Crippen LogP contribution in [-0.4, -0.2) is 0 Å². The second kappa shape index (κ2) is 7.46. The van der Waals surface area contributed by atoms with E-state index in [4.69, 9.17) is 0 Å². The molecule has 0 N–H and O–H groups in total. The molecule has 4 aromatic carbocycles. The number of hydrogen-bond acceptors (Lipinski definition) is 0. The van der Waals surface area contributed by atoms with Gasteiger partial charge in [0.25, 0.3) is 0 Å². The van der Waals surface area contributed by atoms with Crippen molar-refractivity contribution in [3.63, 3.8) is 0 Å². The van der Waals surface area contributed by atoms with Gasteiger partial charge in [-0.1, -0.05) is 0 Å². The Morgan fingerprint density at radius 1 is 0.464 bits per heavy atom. The van der Waals surface area contributed by atoms with Crippen LogP contribution < -0.4 is 21.2 Å². The van der Waals surface area contributed by atoms with Crippen molar-refractivity contribution in [3.8, 4) is 0 Å². The van der Waals surface area contributed by atoms with Crippen molar-refractivity contribution in [2.24, 2.45) is 0 Å². The van der Waals surface area contributed by atoms with E-state index in [0.29, 0.717) is 0 Å². The van der Waals surface area contributed by atoms with E-state index in [-0.39, 0.29) is 0 Å². The molecule has 0 nitrogen and oxygen atoms in total. The monoisotopic (exact) mass is 494 g/mol. The molecule has 28 heavy (non-hydrogen) atoms. The zero-order valence-electron chi connectivity index (χ0n) is 16.2. The van der Waals surface area contributed by atoms with Crippen LogP contribution in [0, 0.1) is 13.8 Å². The van der Waals surface area contributed by atoms with Crippen molar-refractivity contribution >= 4 is 47.5 Å². The van der Waals surface area contributed by atoms with E-state index in [1.54, 1.807) is 0 Å². The molecular weight excluding hydrogens is 470 g/mol. The fourth-order valence-electron chi connectivity index (χ4n) is 4.32. The van der Waals surface area contributed by atoms with E-state index in [1.165, 1.54) is 32.3 Å². The minimum absolute atomic E-state index is 1.34. The maximum absolute atomic E-state index is 2.94. The first-order valence-electron chi connectivity index (χ1n) is 9.54. The summed E-state index contributed by atoms with van der Waals surface area (Å²) < 4.78 is -2.94. The van der Waals surface area contributed by atoms with Gasteiger partial charge >= 0.3 is 182 Å². The molecule has 0 aromatic heterocycles. The Kier molecular flexibility index (Phi) is 5.16. The molecule has 0 fully saturated rings. The Labute approximate surface area is 181 Å². The Morgan fingerprint density at radius 3 is 1.14 bits per heavy atom. The number of rotatable bonds is 4. The van der Waals surface area contributed by atoms with Crippen LogP contribution >= 0.6 is 26.3 Å². The molecular formula is C26H24IP. The third-order valence-corrected chi connectivity index (χ3v) is 17.4. The van der Waals surface area contributed by atoms with E-state index in [0.717, 1.165) is 0 Å². The molecule has 0 heterocycles. The standard InChI is InChI=1S/C26H24IP/c1-21-13-9-11-19-25(21)28(27,23-15-5-3-6-16-23,24-17-7-4-8-18-24)26-20-12-10-14-22(26)2/h3-20H,1-2H3. The molecule has 4 aromatic rings. The molecule has 0 radical (unpaired) electrons. The Hall–Kier alpha value is -1.96. The fourth-order valence-corrected chi connectivity index (χ4v) is 14.8. The maximum atomic E-state index is 2.85. The van der Waals surface area contributed by atoms with Gasteiger partial charge in [-0.3, -0.25) is 0 Å². The van der Waals surface area contributed by atoms with E-state index >= 15 is 0 Å². The molecule has 0 bridgehead atoms. The molecule has 0 amide bonds. The Morgan fingerprint density at radius 2 is 0.786 bits per heavy atom. The Balaban J connectivity index is 2.30. The fraction of sp³-hybridized carbons (Fsp3) is 0.0769. The zero-order chi connectivity index (χ0) is 19.6. The van der Waals surface area contributed by atoms with Crippen LogP contribution in [0.1, 0.15) is 11.1 Å². The summed E-state index contributed by atoms with van der Waals surface area (Å²) in [5.74, 6) is 0. The number of aryl methyl sites for hydroxylation is 2. The average molecular weight is 494 g/mol. The second-order valence-electron chi connectivity index (χ2n) is 7.25. The van der Waals surface area contributed by atoms with Crippen LogP contribution in [-0.2, 0) is 0 Å². The van der Waals surface area contributed by atoms with Crippen LogP contribution in [0.3, 0.4) is 0 Å². The number of hydrogen-bond donors (Lipinski definition) is 0. The van der Waals surface area contributed by atoms with Gasteiger partial charge in [-0.15, -0.1) is 0 Å². The third-order valence-electron chi connectivity index (χ3n) is 5.62. The Bertz CT molecular complexity index is 1010. The van der Waals surface area contributed by atoms with E-state index in [1.807, 2.05) is 0 Å². The summed E-state index contributed by atoms with van der Waals surface area (Å²) in [7, 11) is 0. The van der Waals surface area contributed by atoms with Gasteiger partial charge < -0.3 is 0 Å².